The lowest BCUT2D eigenvalue weighted by Crippen LogP contribution is -2.14. The van der Waals surface area contributed by atoms with Crippen molar-refractivity contribution >= 4 is 21.5 Å². The van der Waals surface area contributed by atoms with Gasteiger partial charge >= 0.3 is 0 Å². The SMILES string of the molecule is C[C@H](CCCOS(C)(=O)=O)CNc1cc(C2OCCO2)ccc1[N+](=O)[O-]. The van der Waals surface area contributed by atoms with Gasteiger partial charge in [0.1, 0.15) is 5.69 Å². The van der Waals surface area contributed by atoms with Crippen LogP contribution in [0, 0.1) is 16.0 Å². The Morgan fingerprint density at radius 2 is 2.08 bits per heavy atom. The zero-order valence-corrected chi connectivity index (χ0v) is 15.7. The lowest BCUT2D eigenvalue weighted by molar-refractivity contribution is -0.384. The van der Waals surface area contributed by atoms with E-state index in [0.29, 0.717) is 31.9 Å². The molecule has 0 bridgehead atoms. The van der Waals surface area contributed by atoms with Crippen LogP contribution in [0.25, 0.3) is 0 Å². The van der Waals surface area contributed by atoms with Crippen molar-refractivity contribution < 1.29 is 27.0 Å². The Bertz CT molecular complexity index is 717. The molecular formula is C16H24N2O7S. The molecule has 1 aromatic rings. The van der Waals surface area contributed by atoms with Gasteiger partial charge in [-0.1, -0.05) is 6.92 Å². The highest BCUT2D eigenvalue weighted by atomic mass is 32.2. The van der Waals surface area contributed by atoms with Crippen LogP contribution in [0.2, 0.25) is 0 Å². The summed E-state index contributed by atoms with van der Waals surface area (Å²) in [5.74, 6) is 0.181. The molecule has 1 aromatic carbocycles. The molecule has 0 radical (unpaired) electrons. The van der Waals surface area contributed by atoms with E-state index in [1.165, 1.54) is 6.07 Å². The third-order valence-electron chi connectivity index (χ3n) is 3.89. The van der Waals surface area contributed by atoms with Crippen LogP contribution < -0.4 is 5.32 Å². The minimum Gasteiger partial charge on any atom is -0.379 e. The monoisotopic (exact) mass is 388 g/mol. The van der Waals surface area contributed by atoms with Crippen LogP contribution in [0.1, 0.15) is 31.6 Å². The molecule has 1 aliphatic heterocycles. The summed E-state index contributed by atoms with van der Waals surface area (Å²) in [7, 11) is -3.42. The molecule has 1 N–H and O–H groups in total. The minimum absolute atomic E-state index is 0.0145. The van der Waals surface area contributed by atoms with E-state index < -0.39 is 21.3 Å². The normalized spacial score (nSPS) is 16.5. The summed E-state index contributed by atoms with van der Waals surface area (Å²) in [5.41, 5.74) is 1.12. The summed E-state index contributed by atoms with van der Waals surface area (Å²) in [5, 5.41) is 14.3. The maximum atomic E-state index is 11.2. The van der Waals surface area contributed by atoms with Gasteiger partial charge in [-0.2, -0.15) is 8.42 Å². The Hall–Kier alpha value is -1.75. The quantitative estimate of drug-likeness (QED) is 0.281. The van der Waals surface area contributed by atoms with Gasteiger partial charge in [0.2, 0.25) is 0 Å². The van der Waals surface area contributed by atoms with E-state index >= 15 is 0 Å². The number of nitro benzene ring substituents is 1. The number of hydrogen-bond acceptors (Lipinski definition) is 8. The van der Waals surface area contributed by atoms with E-state index in [2.05, 4.69) is 5.32 Å². The van der Waals surface area contributed by atoms with Gasteiger partial charge in [-0.05, 0) is 30.9 Å². The third-order valence-corrected chi connectivity index (χ3v) is 4.49. The molecule has 9 nitrogen and oxygen atoms in total. The maximum absolute atomic E-state index is 11.2. The van der Waals surface area contributed by atoms with Gasteiger partial charge in [0, 0.05) is 18.2 Å². The summed E-state index contributed by atoms with van der Waals surface area (Å²) in [6.07, 6.45) is 1.83. The number of nitrogens with one attached hydrogen (secondary N) is 1. The van der Waals surface area contributed by atoms with Crippen molar-refractivity contribution in [2.45, 2.75) is 26.1 Å². The molecule has 1 atom stereocenters. The highest BCUT2D eigenvalue weighted by Gasteiger charge is 2.22. The number of nitrogens with zero attached hydrogens (tertiary/aromatic N) is 1. The van der Waals surface area contributed by atoms with E-state index in [-0.39, 0.29) is 18.2 Å². The second kappa shape index (κ2) is 9.26. The molecule has 2 rings (SSSR count). The van der Waals surface area contributed by atoms with Gasteiger partial charge < -0.3 is 14.8 Å². The van der Waals surface area contributed by atoms with Crippen molar-refractivity contribution in [2.75, 3.05) is 37.9 Å². The third kappa shape index (κ3) is 6.52. The van der Waals surface area contributed by atoms with Gasteiger partial charge in [0.25, 0.3) is 15.8 Å². The number of anilines is 1. The number of hydrogen-bond donors (Lipinski definition) is 1. The number of ether oxygens (including phenoxy) is 2. The van der Waals surface area contributed by atoms with Gasteiger partial charge in [-0.3, -0.25) is 14.3 Å². The van der Waals surface area contributed by atoms with Crippen molar-refractivity contribution in [3.8, 4) is 0 Å². The van der Waals surface area contributed by atoms with Crippen LogP contribution in [0.5, 0.6) is 0 Å². The minimum atomic E-state index is -3.42. The first-order valence-electron chi connectivity index (χ1n) is 8.36. The second-order valence-electron chi connectivity index (χ2n) is 6.26. The molecule has 146 valence electrons. The van der Waals surface area contributed by atoms with Crippen molar-refractivity contribution in [1.29, 1.82) is 0 Å². The first-order valence-corrected chi connectivity index (χ1v) is 10.2. The van der Waals surface area contributed by atoms with Crippen molar-refractivity contribution in [3.05, 3.63) is 33.9 Å². The Morgan fingerprint density at radius 3 is 2.69 bits per heavy atom. The molecule has 0 spiro atoms. The first-order chi connectivity index (χ1) is 12.3. The van der Waals surface area contributed by atoms with Crippen LogP contribution in [0.15, 0.2) is 18.2 Å². The lowest BCUT2D eigenvalue weighted by atomic mass is 10.1. The van der Waals surface area contributed by atoms with Gasteiger partial charge in [-0.15, -0.1) is 0 Å². The van der Waals surface area contributed by atoms with Gasteiger partial charge in [0.15, 0.2) is 6.29 Å². The average molecular weight is 388 g/mol. The summed E-state index contributed by atoms with van der Waals surface area (Å²) >= 11 is 0. The van der Waals surface area contributed by atoms with Crippen LogP contribution in [0.3, 0.4) is 0 Å². The highest BCUT2D eigenvalue weighted by Crippen LogP contribution is 2.31. The van der Waals surface area contributed by atoms with E-state index in [1.807, 2.05) is 6.92 Å². The summed E-state index contributed by atoms with van der Waals surface area (Å²) in [6.45, 7) is 3.62. The molecule has 1 saturated heterocycles. The summed E-state index contributed by atoms with van der Waals surface area (Å²) < 4.78 is 37.4. The zero-order chi connectivity index (χ0) is 19.2. The second-order valence-corrected chi connectivity index (χ2v) is 7.91. The van der Waals surface area contributed by atoms with E-state index in [0.717, 1.165) is 18.2 Å². The van der Waals surface area contributed by atoms with E-state index in [9.17, 15) is 18.5 Å². The van der Waals surface area contributed by atoms with Crippen molar-refractivity contribution in [1.82, 2.24) is 0 Å². The Morgan fingerprint density at radius 1 is 1.38 bits per heavy atom. The molecule has 0 amide bonds. The highest BCUT2D eigenvalue weighted by molar-refractivity contribution is 7.85. The molecule has 10 heteroatoms. The molecule has 26 heavy (non-hydrogen) atoms. The molecular weight excluding hydrogens is 364 g/mol. The van der Waals surface area contributed by atoms with Crippen LogP contribution in [-0.2, 0) is 23.8 Å². The number of benzene rings is 1. The van der Waals surface area contributed by atoms with Crippen molar-refractivity contribution in [2.24, 2.45) is 5.92 Å². The number of rotatable bonds is 10. The molecule has 0 aliphatic carbocycles. The van der Waals surface area contributed by atoms with Gasteiger partial charge in [0.05, 0.1) is 31.0 Å². The zero-order valence-electron chi connectivity index (χ0n) is 14.8. The molecule has 0 unspecified atom stereocenters. The fourth-order valence-corrected chi connectivity index (χ4v) is 3.00. The number of nitro groups is 1. The van der Waals surface area contributed by atoms with Crippen LogP contribution >= 0.6 is 0 Å². The Balaban J connectivity index is 1.91. The topological polar surface area (TPSA) is 117 Å². The fourth-order valence-electron chi connectivity index (χ4n) is 2.58. The Kier molecular flexibility index (Phi) is 7.33. The Labute approximate surface area is 152 Å². The average Bonchev–Trinajstić information content (AvgIpc) is 3.10. The largest absolute Gasteiger partial charge is 0.379 e. The first kappa shape index (κ1) is 20.6. The smallest absolute Gasteiger partial charge is 0.292 e. The predicted octanol–water partition coefficient (Wildman–Crippen LogP) is 2.44. The van der Waals surface area contributed by atoms with E-state index in [1.54, 1.807) is 12.1 Å². The predicted molar refractivity (Wildman–Crippen MR) is 95.4 cm³/mol. The maximum Gasteiger partial charge on any atom is 0.292 e. The van der Waals surface area contributed by atoms with Crippen molar-refractivity contribution in [3.63, 3.8) is 0 Å². The van der Waals surface area contributed by atoms with Crippen LogP contribution in [-0.4, -0.2) is 46.0 Å². The fraction of sp³-hybridized carbons (Fsp3) is 0.625. The standard InChI is InChI=1S/C16H24N2O7S/c1-12(4-3-7-25-26(2,21)22)11-17-14-10-13(16-23-8-9-24-16)5-6-15(14)18(19)20/h5-6,10,12,16-17H,3-4,7-9,11H2,1-2H3/t12-/m1/s1. The summed E-state index contributed by atoms with van der Waals surface area (Å²) in [4.78, 5) is 10.8. The summed E-state index contributed by atoms with van der Waals surface area (Å²) in [6, 6.07) is 4.74. The lowest BCUT2D eigenvalue weighted by Gasteiger charge is -2.15. The van der Waals surface area contributed by atoms with Gasteiger partial charge in [-0.25, -0.2) is 0 Å². The molecule has 0 aromatic heterocycles. The van der Waals surface area contributed by atoms with Crippen LogP contribution in [0.4, 0.5) is 11.4 Å². The molecule has 1 heterocycles. The van der Waals surface area contributed by atoms with E-state index in [4.69, 9.17) is 13.7 Å². The molecule has 1 fully saturated rings. The molecule has 0 saturated carbocycles. The molecule has 1 aliphatic rings.